The molecule has 1 N–H and O–H groups in total. The molecule has 1 saturated heterocycles. The van der Waals surface area contributed by atoms with E-state index in [-0.39, 0.29) is 6.04 Å². The number of piperidine rings is 1. The molecule has 0 amide bonds. The zero-order chi connectivity index (χ0) is 12.9. The van der Waals surface area contributed by atoms with Gasteiger partial charge in [-0.1, -0.05) is 29.3 Å². The Hall–Kier alpha value is 0.350. The van der Waals surface area contributed by atoms with Crippen molar-refractivity contribution >= 4 is 26.1 Å². The molecule has 0 aromatic rings. The molecule has 0 aliphatic carbocycles. The van der Waals surface area contributed by atoms with Crippen LogP contribution >= 0.6 is 15.9 Å². The average Bonchev–Trinajstić information content (AvgIpc) is 2.27. The summed E-state index contributed by atoms with van der Waals surface area (Å²) < 4.78 is 28.5. The predicted molar refractivity (Wildman–Crippen MR) is 74.5 cm³/mol. The molecule has 6 heteroatoms. The molecule has 0 saturated carbocycles. The van der Waals surface area contributed by atoms with Gasteiger partial charge < -0.3 is 0 Å². The molecule has 1 heterocycles. The summed E-state index contributed by atoms with van der Waals surface area (Å²) in [6.07, 6.45) is 4.06. The summed E-state index contributed by atoms with van der Waals surface area (Å²) in [6.45, 7) is 5.23. The molecule has 1 aliphatic rings. The quantitative estimate of drug-likeness (QED) is 0.760. The highest BCUT2D eigenvalue weighted by molar-refractivity contribution is 9.09. The van der Waals surface area contributed by atoms with Gasteiger partial charge in [0, 0.05) is 24.5 Å². The second kappa shape index (κ2) is 7.07. The van der Waals surface area contributed by atoms with Crippen molar-refractivity contribution in [3.8, 4) is 0 Å². The Bertz CT molecular complexity index is 321. The molecule has 2 unspecified atom stereocenters. The first-order valence-electron chi connectivity index (χ1n) is 6.29. The maximum absolute atomic E-state index is 12.1. The van der Waals surface area contributed by atoms with E-state index in [9.17, 15) is 8.42 Å². The molecule has 0 spiro atoms. The van der Waals surface area contributed by atoms with Gasteiger partial charge in [-0.3, -0.25) is 0 Å². The molecule has 0 bridgehead atoms. The monoisotopic (exact) mass is 326 g/mol. The summed E-state index contributed by atoms with van der Waals surface area (Å²) in [7, 11) is -3.28. The summed E-state index contributed by atoms with van der Waals surface area (Å²) in [6, 6.07) is 0.132. The Morgan fingerprint density at radius 1 is 1.47 bits per heavy atom. The molecule has 17 heavy (non-hydrogen) atoms. The lowest BCUT2D eigenvalue weighted by Gasteiger charge is -2.32. The van der Waals surface area contributed by atoms with Crippen molar-refractivity contribution in [2.24, 2.45) is 5.92 Å². The summed E-state index contributed by atoms with van der Waals surface area (Å²) in [5, 5.41) is 0.913. The Balaban J connectivity index is 2.49. The SMILES string of the molecule is CC(CCBr)CNS(=O)(=O)N1CCCCC1C. The smallest absolute Gasteiger partial charge is 0.202 e. The van der Waals surface area contributed by atoms with E-state index in [2.05, 4.69) is 27.6 Å². The van der Waals surface area contributed by atoms with Crippen molar-refractivity contribution in [3.05, 3.63) is 0 Å². The minimum absolute atomic E-state index is 0.132. The van der Waals surface area contributed by atoms with Gasteiger partial charge >= 0.3 is 0 Å². The molecule has 1 rings (SSSR count). The van der Waals surface area contributed by atoms with Gasteiger partial charge in [0.2, 0.25) is 0 Å². The van der Waals surface area contributed by atoms with Crippen LogP contribution < -0.4 is 4.72 Å². The van der Waals surface area contributed by atoms with E-state index in [0.29, 0.717) is 19.0 Å². The highest BCUT2D eigenvalue weighted by atomic mass is 79.9. The molecule has 0 radical (unpaired) electrons. The van der Waals surface area contributed by atoms with Crippen LogP contribution in [0.25, 0.3) is 0 Å². The minimum atomic E-state index is -3.28. The number of hydrogen-bond acceptors (Lipinski definition) is 2. The number of hydrogen-bond donors (Lipinski definition) is 1. The first-order valence-corrected chi connectivity index (χ1v) is 8.86. The summed E-state index contributed by atoms with van der Waals surface area (Å²) >= 11 is 3.37. The number of alkyl halides is 1. The topological polar surface area (TPSA) is 49.4 Å². The third-order valence-electron chi connectivity index (χ3n) is 3.27. The van der Waals surface area contributed by atoms with Crippen LogP contribution in [-0.4, -0.2) is 37.2 Å². The molecular formula is C11H23BrN2O2S. The van der Waals surface area contributed by atoms with Gasteiger partial charge in [0.25, 0.3) is 10.2 Å². The molecule has 1 fully saturated rings. The van der Waals surface area contributed by atoms with E-state index in [1.54, 1.807) is 4.31 Å². The van der Waals surface area contributed by atoms with Crippen LogP contribution in [0.4, 0.5) is 0 Å². The van der Waals surface area contributed by atoms with E-state index in [1.807, 2.05) is 6.92 Å². The van der Waals surface area contributed by atoms with Crippen LogP contribution in [0.15, 0.2) is 0 Å². The second-order valence-corrected chi connectivity index (χ2v) is 7.39. The van der Waals surface area contributed by atoms with Crippen LogP contribution in [0.1, 0.15) is 39.5 Å². The van der Waals surface area contributed by atoms with Crippen molar-refractivity contribution < 1.29 is 8.42 Å². The van der Waals surface area contributed by atoms with Gasteiger partial charge in [-0.2, -0.15) is 12.7 Å². The largest absolute Gasteiger partial charge is 0.279 e. The Labute approximate surface area is 113 Å². The van der Waals surface area contributed by atoms with Crippen molar-refractivity contribution in [3.63, 3.8) is 0 Å². The first kappa shape index (κ1) is 15.4. The molecule has 0 aromatic heterocycles. The van der Waals surface area contributed by atoms with Crippen molar-refractivity contribution in [1.82, 2.24) is 9.03 Å². The highest BCUT2D eigenvalue weighted by Gasteiger charge is 2.29. The third kappa shape index (κ3) is 4.85. The summed E-state index contributed by atoms with van der Waals surface area (Å²) in [4.78, 5) is 0. The number of rotatable bonds is 6. The second-order valence-electron chi connectivity index (χ2n) is 4.89. The Kier molecular flexibility index (Phi) is 6.40. The Morgan fingerprint density at radius 3 is 2.76 bits per heavy atom. The fraction of sp³-hybridized carbons (Fsp3) is 1.00. The molecule has 4 nitrogen and oxygen atoms in total. The molecule has 2 atom stereocenters. The zero-order valence-electron chi connectivity index (χ0n) is 10.7. The van der Waals surface area contributed by atoms with E-state index in [4.69, 9.17) is 0 Å². The fourth-order valence-corrected chi connectivity index (χ4v) is 4.44. The van der Waals surface area contributed by atoms with Gasteiger partial charge in [-0.15, -0.1) is 0 Å². The van der Waals surface area contributed by atoms with Crippen LogP contribution in [0.5, 0.6) is 0 Å². The third-order valence-corrected chi connectivity index (χ3v) is 5.42. The van der Waals surface area contributed by atoms with Crippen LogP contribution in [0.3, 0.4) is 0 Å². The normalized spacial score (nSPS) is 24.8. The minimum Gasteiger partial charge on any atom is -0.202 e. The summed E-state index contributed by atoms with van der Waals surface area (Å²) in [5.41, 5.74) is 0. The average molecular weight is 327 g/mol. The highest BCUT2D eigenvalue weighted by Crippen LogP contribution is 2.19. The molecule has 102 valence electrons. The summed E-state index contributed by atoms with van der Waals surface area (Å²) in [5.74, 6) is 0.365. The maximum Gasteiger partial charge on any atom is 0.279 e. The van der Waals surface area contributed by atoms with Crippen molar-refractivity contribution in [2.75, 3.05) is 18.4 Å². The molecular weight excluding hydrogens is 304 g/mol. The van der Waals surface area contributed by atoms with Gasteiger partial charge in [0.15, 0.2) is 0 Å². The van der Waals surface area contributed by atoms with E-state index in [0.717, 1.165) is 31.0 Å². The predicted octanol–water partition coefficient (Wildman–Crippen LogP) is 2.12. The van der Waals surface area contributed by atoms with Crippen molar-refractivity contribution in [1.29, 1.82) is 0 Å². The molecule has 1 aliphatic heterocycles. The zero-order valence-corrected chi connectivity index (χ0v) is 13.1. The van der Waals surface area contributed by atoms with Crippen LogP contribution in [0.2, 0.25) is 0 Å². The fourth-order valence-electron chi connectivity index (χ4n) is 2.05. The number of halogens is 1. The molecule has 0 aromatic carbocycles. The van der Waals surface area contributed by atoms with E-state index < -0.39 is 10.2 Å². The first-order chi connectivity index (χ1) is 7.97. The Morgan fingerprint density at radius 2 is 2.18 bits per heavy atom. The van der Waals surface area contributed by atoms with Gasteiger partial charge in [-0.05, 0) is 32.1 Å². The van der Waals surface area contributed by atoms with Gasteiger partial charge in [0.05, 0.1) is 0 Å². The lowest BCUT2D eigenvalue weighted by Crippen LogP contribution is -2.48. The number of nitrogens with zero attached hydrogens (tertiary/aromatic N) is 1. The lowest BCUT2D eigenvalue weighted by molar-refractivity contribution is 0.264. The van der Waals surface area contributed by atoms with Gasteiger partial charge in [-0.25, -0.2) is 4.72 Å². The lowest BCUT2D eigenvalue weighted by atomic mass is 10.1. The van der Waals surface area contributed by atoms with Crippen LogP contribution in [-0.2, 0) is 10.2 Å². The van der Waals surface area contributed by atoms with Crippen LogP contribution in [0, 0.1) is 5.92 Å². The van der Waals surface area contributed by atoms with E-state index >= 15 is 0 Å². The number of nitrogens with one attached hydrogen (secondary N) is 1. The standard InChI is InChI=1S/C11H23BrN2O2S/c1-10(6-7-12)9-13-17(15,16)14-8-4-3-5-11(14)2/h10-11,13H,3-9H2,1-2H3. The van der Waals surface area contributed by atoms with E-state index in [1.165, 1.54) is 0 Å². The van der Waals surface area contributed by atoms with Crippen molar-refractivity contribution in [2.45, 2.75) is 45.6 Å². The maximum atomic E-state index is 12.1. The van der Waals surface area contributed by atoms with Gasteiger partial charge in [0.1, 0.15) is 0 Å².